The Hall–Kier alpha value is -1.42. The summed E-state index contributed by atoms with van der Waals surface area (Å²) in [5.41, 5.74) is 6.25. The van der Waals surface area contributed by atoms with Gasteiger partial charge in [-0.3, -0.25) is 4.79 Å². The zero-order chi connectivity index (χ0) is 10.6. The van der Waals surface area contributed by atoms with Crippen molar-refractivity contribution < 1.29 is 4.79 Å². The van der Waals surface area contributed by atoms with Crippen LogP contribution in [-0.4, -0.2) is 17.4 Å². The van der Waals surface area contributed by atoms with Crippen molar-refractivity contribution in [1.29, 1.82) is 0 Å². The van der Waals surface area contributed by atoms with Gasteiger partial charge in [0, 0.05) is 18.2 Å². The predicted molar refractivity (Wildman–Crippen MR) is 55.8 cm³/mol. The van der Waals surface area contributed by atoms with Crippen LogP contribution in [0.2, 0.25) is 0 Å². The number of aryl methyl sites for hydroxylation is 1. The molecule has 1 amide bonds. The van der Waals surface area contributed by atoms with Crippen LogP contribution in [0.3, 0.4) is 0 Å². The highest BCUT2D eigenvalue weighted by atomic mass is 16.1. The van der Waals surface area contributed by atoms with E-state index in [0.29, 0.717) is 12.4 Å². The molecule has 14 heavy (non-hydrogen) atoms. The van der Waals surface area contributed by atoms with E-state index in [0.717, 1.165) is 5.69 Å². The van der Waals surface area contributed by atoms with Crippen LogP contribution in [0.25, 0.3) is 0 Å². The van der Waals surface area contributed by atoms with Gasteiger partial charge >= 0.3 is 0 Å². The minimum absolute atomic E-state index is 0.0920. The van der Waals surface area contributed by atoms with Gasteiger partial charge in [-0.2, -0.15) is 0 Å². The van der Waals surface area contributed by atoms with Crippen molar-refractivity contribution in [3.63, 3.8) is 0 Å². The Balaban J connectivity index is 2.65. The standard InChI is InChI=1S/C10H15N3O/c1-7(6-11)10(14)13-9-5-3-4-8(2)12-9/h3-5,7H,6,11H2,1-2H3,(H,12,13,14). The van der Waals surface area contributed by atoms with Crippen LogP contribution in [0.15, 0.2) is 18.2 Å². The summed E-state index contributed by atoms with van der Waals surface area (Å²) in [7, 11) is 0. The Labute approximate surface area is 83.5 Å². The van der Waals surface area contributed by atoms with Crippen LogP contribution < -0.4 is 11.1 Å². The number of nitrogens with two attached hydrogens (primary N) is 1. The number of nitrogens with zero attached hydrogens (tertiary/aromatic N) is 1. The van der Waals surface area contributed by atoms with Gasteiger partial charge < -0.3 is 11.1 Å². The first-order valence-corrected chi connectivity index (χ1v) is 4.58. The van der Waals surface area contributed by atoms with Gasteiger partial charge in [0.2, 0.25) is 5.91 Å². The van der Waals surface area contributed by atoms with Gasteiger partial charge in [0.1, 0.15) is 5.82 Å². The second-order valence-corrected chi connectivity index (χ2v) is 3.29. The Morgan fingerprint density at radius 2 is 2.36 bits per heavy atom. The van der Waals surface area contributed by atoms with Gasteiger partial charge in [0.05, 0.1) is 0 Å². The summed E-state index contributed by atoms with van der Waals surface area (Å²) in [5.74, 6) is 0.304. The van der Waals surface area contributed by atoms with Crippen molar-refractivity contribution in [1.82, 2.24) is 4.98 Å². The summed E-state index contributed by atoms with van der Waals surface area (Å²) in [6, 6.07) is 5.49. The lowest BCUT2D eigenvalue weighted by Crippen LogP contribution is -2.27. The lowest BCUT2D eigenvalue weighted by molar-refractivity contribution is -0.119. The summed E-state index contributed by atoms with van der Waals surface area (Å²) in [6.45, 7) is 4.00. The number of pyridine rings is 1. The molecule has 0 aromatic carbocycles. The van der Waals surface area contributed by atoms with E-state index in [-0.39, 0.29) is 11.8 Å². The molecule has 76 valence electrons. The zero-order valence-electron chi connectivity index (χ0n) is 8.45. The minimum Gasteiger partial charge on any atom is -0.330 e. The van der Waals surface area contributed by atoms with Crippen LogP contribution in [0.5, 0.6) is 0 Å². The van der Waals surface area contributed by atoms with E-state index in [2.05, 4.69) is 10.3 Å². The van der Waals surface area contributed by atoms with E-state index in [1.54, 1.807) is 13.0 Å². The third-order valence-electron chi connectivity index (χ3n) is 1.94. The Morgan fingerprint density at radius 1 is 1.64 bits per heavy atom. The molecule has 1 rings (SSSR count). The van der Waals surface area contributed by atoms with Crippen molar-refractivity contribution >= 4 is 11.7 Å². The number of hydrogen-bond acceptors (Lipinski definition) is 3. The molecule has 4 heteroatoms. The lowest BCUT2D eigenvalue weighted by Gasteiger charge is -2.09. The van der Waals surface area contributed by atoms with Crippen molar-refractivity contribution in [3.05, 3.63) is 23.9 Å². The first-order chi connectivity index (χ1) is 6.63. The fourth-order valence-corrected chi connectivity index (χ4v) is 0.969. The van der Waals surface area contributed by atoms with Gasteiger partial charge in [-0.25, -0.2) is 4.98 Å². The minimum atomic E-state index is -0.183. The molecule has 0 bridgehead atoms. The molecule has 4 nitrogen and oxygen atoms in total. The quantitative estimate of drug-likeness (QED) is 0.750. The van der Waals surface area contributed by atoms with Gasteiger partial charge in [-0.05, 0) is 19.1 Å². The molecule has 1 heterocycles. The summed E-state index contributed by atoms with van der Waals surface area (Å²) in [6.07, 6.45) is 0. The number of rotatable bonds is 3. The fraction of sp³-hybridized carbons (Fsp3) is 0.400. The monoisotopic (exact) mass is 193 g/mol. The van der Waals surface area contributed by atoms with Crippen LogP contribution in [0.4, 0.5) is 5.82 Å². The molecule has 1 aromatic heterocycles. The molecule has 0 aliphatic heterocycles. The number of aromatic nitrogens is 1. The molecule has 0 fully saturated rings. The summed E-state index contributed by atoms with van der Waals surface area (Å²) in [4.78, 5) is 15.6. The molecule has 0 saturated heterocycles. The second-order valence-electron chi connectivity index (χ2n) is 3.29. The Kier molecular flexibility index (Phi) is 3.59. The van der Waals surface area contributed by atoms with Crippen molar-refractivity contribution in [2.24, 2.45) is 11.7 Å². The Morgan fingerprint density at radius 3 is 2.93 bits per heavy atom. The third kappa shape index (κ3) is 2.81. The van der Waals surface area contributed by atoms with Crippen molar-refractivity contribution in [3.8, 4) is 0 Å². The Bertz CT molecular complexity index is 325. The number of hydrogen-bond donors (Lipinski definition) is 2. The first-order valence-electron chi connectivity index (χ1n) is 4.58. The SMILES string of the molecule is Cc1cccc(NC(=O)C(C)CN)n1. The highest BCUT2D eigenvalue weighted by Gasteiger charge is 2.10. The molecule has 1 unspecified atom stereocenters. The van der Waals surface area contributed by atoms with Crippen LogP contribution in [0, 0.1) is 12.8 Å². The number of carbonyl (C=O) groups is 1. The molecule has 0 aliphatic rings. The van der Waals surface area contributed by atoms with E-state index in [1.165, 1.54) is 0 Å². The first kappa shape index (κ1) is 10.7. The van der Waals surface area contributed by atoms with Gasteiger partial charge in [-0.1, -0.05) is 13.0 Å². The number of amides is 1. The number of carbonyl (C=O) groups excluding carboxylic acids is 1. The van der Waals surface area contributed by atoms with Crippen molar-refractivity contribution in [2.45, 2.75) is 13.8 Å². The molecule has 0 saturated carbocycles. The van der Waals surface area contributed by atoms with Gasteiger partial charge in [0.15, 0.2) is 0 Å². The van der Waals surface area contributed by atoms with Gasteiger partial charge in [0.25, 0.3) is 0 Å². The smallest absolute Gasteiger partial charge is 0.229 e. The number of nitrogens with one attached hydrogen (secondary N) is 1. The molecule has 3 N–H and O–H groups in total. The maximum Gasteiger partial charge on any atom is 0.229 e. The maximum absolute atomic E-state index is 11.4. The largest absolute Gasteiger partial charge is 0.330 e. The van der Waals surface area contributed by atoms with E-state index in [9.17, 15) is 4.79 Å². The summed E-state index contributed by atoms with van der Waals surface area (Å²) in [5, 5.41) is 2.70. The molecule has 1 atom stereocenters. The highest BCUT2D eigenvalue weighted by molar-refractivity contribution is 5.91. The van der Waals surface area contributed by atoms with Crippen molar-refractivity contribution in [2.75, 3.05) is 11.9 Å². The second kappa shape index (κ2) is 4.72. The molecule has 0 aliphatic carbocycles. The average molecular weight is 193 g/mol. The topological polar surface area (TPSA) is 68.0 Å². The lowest BCUT2D eigenvalue weighted by atomic mass is 10.2. The van der Waals surface area contributed by atoms with Gasteiger partial charge in [-0.15, -0.1) is 0 Å². The normalized spacial score (nSPS) is 12.2. The van der Waals surface area contributed by atoms with E-state index in [1.807, 2.05) is 19.1 Å². The summed E-state index contributed by atoms with van der Waals surface area (Å²) < 4.78 is 0. The average Bonchev–Trinajstić information content (AvgIpc) is 2.16. The summed E-state index contributed by atoms with van der Waals surface area (Å²) >= 11 is 0. The maximum atomic E-state index is 11.4. The predicted octanol–water partition coefficient (Wildman–Crippen LogP) is 0.923. The van der Waals surface area contributed by atoms with Crippen LogP contribution >= 0.6 is 0 Å². The third-order valence-corrected chi connectivity index (χ3v) is 1.94. The number of anilines is 1. The fourth-order valence-electron chi connectivity index (χ4n) is 0.969. The van der Waals surface area contributed by atoms with Crippen LogP contribution in [-0.2, 0) is 4.79 Å². The molecule has 1 aromatic rings. The van der Waals surface area contributed by atoms with E-state index in [4.69, 9.17) is 5.73 Å². The zero-order valence-corrected chi connectivity index (χ0v) is 8.45. The van der Waals surface area contributed by atoms with Crippen LogP contribution in [0.1, 0.15) is 12.6 Å². The van der Waals surface area contributed by atoms with E-state index < -0.39 is 0 Å². The molecule has 0 spiro atoms. The molecular formula is C10H15N3O. The molecular weight excluding hydrogens is 178 g/mol. The highest BCUT2D eigenvalue weighted by Crippen LogP contribution is 2.05. The van der Waals surface area contributed by atoms with E-state index >= 15 is 0 Å². The molecule has 0 radical (unpaired) electrons.